The van der Waals surface area contributed by atoms with E-state index >= 15 is 0 Å². The molecule has 0 heterocycles. The maximum atomic E-state index is 12.9. The molecule has 0 aliphatic rings. The molecule has 0 saturated heterocycles. The van der Waals surface area contributed by atoms with Crippen molar-refractivity contribution in [2.45, 2.75) is 52.1 Å². The quantitative estimate of drug-likeness (QED) is 0.747. The second-order valence-corrected chi connectivity index (χ2v) is 6.25. The van der Waals surface area contributed by atoms with Crippen LogP contribution in [-0.4, -0.2) is 37.6 Å². The van der Waals surface area contributed by atoms with Crippen LogP contribution in [0.4, 0.5) is 4.39 Å². The molecule has 21 heavy (non-hydrogen) atoms. The molecule has 0 aliphatic carbocycles. The number of nitrogens with zero attached hydrogens (tertiary/aromatic N) is 1. The van der Waals surface area contributed by atoms with Gasteiger partial charge in [0.05, 0.1) is 0 Å². The molecule has 1 aromatic carbocycles. The van der Waals surface area contributed by atoms with E-state index in [4.69, 9.17) is 0 Å². The van der Waals surface area contributed by atoms with Crippen molar-refractivity contribution in [1.82, 2.24) is 10.2 Å². The summed E-state index contributed by atoms with van der Waals surface area (Å²) in [6.07, 6.45) is 3.37. The molecule has 1 rings (SSSR count). The summed E-state index contributed by atoms with van der Waals surface area (Å²) in [5.74, 6) is 0.561. The van der Waals surface area contributed by atoms with Gasteiger partial charge in [-0.05, 0) is 51.1 Å². The standard InChI is InChI=1S/C18H31FN2/c1-6-16(7-2)18(21(4)5)13-20-14(3)12-15-8-10-17(19)11-9-15/h8-11,14,16,18,20H,6-7,12-13H2,1-5H3. The summed E-state index contributed by atoms with van der Waals surface area (Å²) < 4.78 is 12.9. The average molecular weight is 294 g/mol. The number of rotatable bonds is 9. The lowest BCUT2D eigenvalue weighted by molar-refractivity contribution is 0.190. The Hall–Kier alpha value is -0.930. The van der Waals surface area contributed by atoms with Crippen molar-refractivity contribution in [2.24, 2.45) is 5.92 Å². The van der Waals surface area contributed by atoms with Gasteiger partial charge >= 0.3 is 0 Å². The Labute approximate surface area is 129 Å². The number of hydrogen-bond donors (Lipinski definition) is 1. The highest BCUT2D eigenvalue weighted by Gasteiger charge is 2.20. The van der Waals surface area contributed by atoms with Gasteiger partial charge in [-0.15, -0.1) is 0 Å². The van der Waals surface area contributed by atoms with Crippen molar-refractivity contribution in [2.75, 3.05) is 20.6 Å². The highest BCUT2D eigenvalue weighted by atomic mass is 19.1. The summed E-state index contributed by atoms with van der Waals surface area (Å²) in [6.45, 7) is 7.74. The van der Waals surface area contributed by atoms with E-state index in [0.717, 1.165) is 18.9 Å². The predicted molar refractivity (Wildman–Crippen MR) is 89.1 cm³/mol. The molecule has 0 amide bonds. The van der Waals surface area contributed by atoms with Gasteiger partial charge in [0.15, 0.2) is 0 Å². The molecule has 2 nitrogen and oxygen atoms in total. The van der Waals surface area contributed by atoms with Crippen molar-refractivity contribution in [1.29, 1.82) is 0 Å². The Morgan fingerprint density at radius 2 is 1.67 bits per heavy atom. The van der Waals surface area contributed by atoms with E-state index in [-0.39, 0.29) is 5.82 Å². The largest absolute Gasteiger partial charge is 0.312 e. The van der Waals surface area contributed by atoms with Crippen molar-refractivity contribution in [3.63, 3.8) is 0 Å². The molecule has 0 fully saturated rings. The number of likely N-dealkylation sites (N-methyl/N-ethyl adjacent to an activating group) is 1. The van der Waals surface area contributed by atoms with E-state index < -0.39 is 0 Å². The first-order valence-corrected chi connectivity index (χ1v) is 8.12. The summed E-state index contributed by atoms with van der Waals surface area (Å²) in [5, 5.41) is 3.64. The molecule has 0 aromatic heterocycles. The predicted octanol–water partition coefficient (Wildman–Crippen LogP) is 3.71. The second-order valence-electron chi connectivity index (χ2n) is 6.25. The Kier molecular flexibility index (Phi) is 7.91. The number of benzene rings is 1. The zero-order valence-corrected chi connectivity index (χ0v) is 14.2. The third kappa shape index (κ3) is 6.15. The number of nitrogens with one attached hydrogen (secondary N) is 1. The van der Waals surface area contributed by atoms with Crippen LogP contribution in [0.25, 0.3) is 0 Å². The molecule has 0 spiro atoms. The van der Waals surface area contributed by atoms with E-state index in [1.54, 1.807) is 0 Å². The van der Waals surface area contributed by atoms with Crippen LogP contribution in [0.1, 0.15) is 39.2 Å². The molecule has 2 atom stereocenters. The number of hydrogen-bond acceptors (Lipinski definition) is 2. The summed E-state index contributed by atoms with van der Waals surface area (Å²) in [7, 11) is 4.32. The summed E-state index contributed by atoms with van der Waals surface area (Å²) in [4.78, 5) is 2.33. The molecule has 0 aliphatic heterocycles. The summed E-state index contributed by atoms with van der Waals surface area (Å²) in [6, 6.07) is 7.78. The third-order valence-electron chi connectivity index (χ3n) is 4.39. The smallest absolute Gasteiger partial charge is 0.123 e. The monoisotopic (exact) mass is 294 g/mol. The first-order valence-electron chi connectivity index (χ1n) is 8.12. The minimum Gasteiger partial charge on any atom is -0.312 e. The van der Waals surface area contributed by atoms with Crippen LogP contribution in [0.15, 0.2) is 24.3 Å². The van der Waals surface area contributed by atoms with Crippen LogP contribution in [0, 0.1) is 11.7 Å². The van der Waals surface area contributed by atoms with Gasteiger partial charge in [0.2, 0.25) is 0 Å². The maximum Gasteiger partial charge on any atom is 0.123 e. The average Bonchev–Trinajstić information content (AvgIpc) is 2.45. The van der Waals surface area contributed by atoms with Gasteiger partial charge in [0.1, 0.15) is 5.82 Å². The first-order chi connectivity index (χ1) is 9.97. The highest BCUT2D eigenvalue weighted by molar-refractivity contribution is 5.17. The van der Waals surface area contributed by atoms with Gasteiger partial charge in [-0.3, -0.25) is 0 Å². The highest BCUT2D eigenvalue weighted by Crippen LogP contribution is 2.16. The van der Waals surface area contributed by atoms with Crippen LogP contribution >= 0.6 is 0 Å². The lowest BCUT2D eigenvalue weighted by Crippen LogP contribution is -2.45. The molecule has 2 unspecified atom stereocenters. The molecule has 1 N–H and O–H groups in total. The van der Waals surface area contributed by atoms with Crippen LogP contribution in [0.5, 0.6) is 0 Å². The van der Waals surface area contributed by atoms with Crippen molar-refractivity contribution < 1.29 is 4.39 Å². The zero-order valence-electron chi connectivity index (χ0n) is 14.2. The van der Waals surface area contributed by atoms with E-state index in [2.05, 4.69) is 45.1 Å². The minimum absolute atomic E-state index is 0.166. The van der Waals surface area contributed by atoms with Gasteiger partial charge in [0, 0.05) is 18.6 Å². The fraction of sp³-hybridized carbons (Fsp3) is 0.667. The molecule has 120 valence electrons. The molecule has 0 saturated carbocycles. The molecule has 0 bridgehead atoms. The van der Waals surface area contributed by atoms with Crippen molar-refractivity contribution in [3.05, 3.63) is 35.6 Å². The Bertz CT molecular complexity index is 385. The number of halogens is 1. The van der Waals surface area contributed by atoms with E-state index in [9.17, 15) is 4.39 Å². The van der Waals surface area contributed by atoms with E-state index in [1.165, 1.54) is 30.5 Å². The van der Waals surface area contributed by atoms with Gasteiger partial charge in [-0.25, -0.2) is 4.39 Å². The topological polar surface area (TPSA) is 15.3 Å². The van der Waals surface area contributed by atoms with Crippen LogP contribution < -0.4 is 5.32 Å². The Morgan fingerprint density at radius 3 is 2.14 bits per heavy atom. The van der Waals surface area contributed by atoms with Gasteiger partial charge in [-0.2, -0.15) is 0 Å². The Balaban J connectivity index is 2.49. The SMILES string of the molecule is CCC(CC)C(CNC(C)Cc1ccc(F)cc1)N(C)C. The molecular weight excluding hydrogens is 263 g/mol. The van der Waals surface area contributed by atoms with Gasteiger partial charge in [-0.1, -0.05) is 38.8 Å². The van der Waals surface area contributed by atoms with Crippen LogP contribution in [-0.2, 0) is 6.42 Å². The summed E-state index contributed by atoms with van der Waals surface area (Å²) >= 11 is 0. The van der Waals surface area contributed by atoms with Crippen molar-refractivity contribution >= 4 is 0 Å². The van der Waals surface area contributed by atoms with Crippen LogP contribution in [0.3, 0.4) is 0 Å². The van der Waals surface area contributed by atoms with Crippen LogP contribution in [0.2, 0.25) is 0 Å². The fourth-order valence-electron chi connectivity index (χ4n) is 2.97. The lowest BCUT2D eigenvalue weighted by atomic mass is 9.93. The normalized spacial score (nSPS) is 14.7. The van der Waals surface area contributed by atoms with Gasteiger partial charge in [0.25, 0.3) is 0 Å². The minimum atomic E-state index is -0.166. The zero-order chi connectivity index (χ0) is 15.8. The summed E-state index contributed by atoms with van der Waals surface area (Å²) in [5.41, 5.74) is 1.18. The fourth-order valence-corrected chi connectivity index (χ4v) is 2.97. The molecule has 1 aromatic rings. The van der Waals surface area contributed by atoms with E-state index in [0.29, 0.717) is 12.1 Å². The van der Waals surface area contributed by atoms with E-state index in [1.807, 2.05) is 12.1 Å². The van der Waals surface area contributed by atoms with Crippen molar-refractivity contribution in [3.8, 4) is 0 Å². The molecule has 3 heteroatoms. The molecular formula is C18H31FN2. The first kappa shape index (κ1) is 18.1. The molecule has 0 radical (unpaired) electrons. The second kappa shape index (κ2) is 9.16. The third-order valence-corrected chi connectivity index (χ3v) is 4.39. The lowest BCUT2D eigenvalue weighted by Gasteiger charge is -2.32. The maximum absolute atomic E-state index is 12.9. The van der Waals surface area contributed by atoms with Gasteiger partial charge < -0.3 is 10.2 Å². The Morgan fingerprint density at radius 1 is 1.10 bits per heavy atom.